The summed E-state index contributed by atoms with van der Waals surface area (Å²) in [6, 6.07) is 0. The molecule has 1 aromatic heterocycles. The smallest absolute Gasteiger partial charge is 0.186 e. The number of H-pyrrole nitrogens is 1. The van der Waals surface area contributed by atoms with Gasteiger partial charge in [-0.25, -0.2) is 5.84 Å². The second kappa shape index (κ2) is 3.91. The van der Waals surface area contributed by atoms with Crippen LogP contribution < -0.4 is 21.9 Å². The zero-order valence-electron chi connectivity index (χ0n) is 7.55. The molecule has 0 bridgehead atoms. The Labute approximate surface area is 86.6 Å². The molecule has 0 fully saturated rings. The number of fused-ring (bicyclic) bond motifs is 1. The van der Waals surface area contributed by atoms with Gasteiger partial charge >= 0.3 is 0 Å². The van der Waals surface area contributed by atoms with Crippen molar-refractivity contribution in [1.82, 2.24) is 20.9 Å². The number of anilines is 1. The Morgan fingerprint density at radius 3 is 3.21 bits per heavy atom. The molecule has 1 aliphatic rings. The Bertz CT molecular complexity index is 346. The lowest BCUT2D eigenvalue weighted by Crippen LogP contribution is -2.34. The third kappa shape index (κ3) is 1.69. The van der Waals surface area contributed by atoms with E-state index in [1.165, 1.54) is 0 Å². The monoisotopic (exact) mass is 212 g/mol. The number of rotatable bonds is 1. The summed E-state index contributed by atoms with van der Waals surface area (Å²) >= 11 is 4.89. The van der Waals surface area contributed by atoms with E-state index in [4.69, 9.17) is 18.1 Å². The van der Waals surface area contributed by atoms with Crippen LogP contribution in [0.5, 0.6) is 0 Å². The zero-order valence-corrected chi connectivity index (χ0v) is 8.37. The first-order valence-electron chi connectivity index (χ1n) is 4.35. The van der Waals surface area contributed by atoms with Crippen LogP contribution in [-0.4, -0.2) is 21.9 Å². The molecule has 0 atom stereocenters. The molecule has 2 rings (SSSR count). The maximum atomic E-state index is 5.16. The van der Waals surface area contributed by atoms with E-state index in [2.05, 4.69) is 26.3 Å². The van der Waals surface area contributed by atoms with E-state index in [1.54, 1.807) is 0 Å². The van der Waals surface area contributed by atoms with Crippen molar-refractivity contribution < 1.29 is 0 Å². The molecule has 0 aromatic carbocycles. The van der Waals surface area contributed by atoms with Crippen LogP contribution >= 0.6 is 12.2 Å². The van der Waals surface area contributed by atoms with E-state index < -0.39 is 0 Å². The topological polar surface area (TPSA) is 90.8 Å². The third-order valence-electron chi connectivity index (χ3n) is 2.17. The number of hydrazine groups is 1. The van der Waals surface area contributed by atoms with Crippen molar-refractivity contribution >= 4 is 23.1 Å². The number of nitrogens with one attached hydrogen (secondary N) is 4. The largest absolute Gasteiger partial charge is 0.315 e. The zero-order chi connectivity index (χ0) is 9.97. The Morgan fingerprint density at radius 1 is 1.57 bits per heavy atom. The molecule has 1 aliphatic heterocycles. The summed E-state index contributed by atoms with van der Waals surface area (Å²) in [6.45, 7) is 1.79. The summed E-state index contributed by atoms with van der Waals surface area (Å²) in [5, 5.41) is 13.6. The third-order valence-corrected chi connectivity index (χ3v) is 2.39. The fraction of sp³-hybridized carbons (Fsp3) is 0.429. The minimum absolute atomic E-state index is 0.366. The first kappa shape index (κ1) is 9.38. The van der Waals surface area contributed by atoms with Crippen molar-refractivity contribution in [3.63, 3.8) is 0 Å². The molecule has 6 N–H and O–H groups in total. The van der Waals surface area contributed by atoms with E-state index in [9.17, 15) is 0 Å². The maximum Gasteiger partial charge on any atom is 0.186 e. The van der Waals surface area contributed by atoms with Crippen molar-refractivity contribution in [2.45, 2.75) is 13.0 Å². The molecule has 0 amide bonds. The fourth-order valence-electron chi connectivity index (χ4n) is 1.47. The van der Waals surface area contributed by atoms with Gasteiger partial charge in [-0.2, -0.15) is 5.10 Å². The second-order valence-corrected chi connectivity index (χ2v) is 3.46. The predicted molar refractivity (Wildman–Crippen MR) is 57.5 cm³/mol. The van der Waals surface area contributed by atoms with Gasteiger partial charge in [0.05, 0.1) is 0 Å². The standard InChI is InChI=1S/C7H12N6S/c8-11-7(14)10-6-4-3-9-2-1-5(4)12-13-6/h9H,1-3,8H2,(H3,10,11,12,13,14). The van der Waals surface area contributed by atoms with E-state index in [0.717, 1.165) is 36.6 Å². The van der Waals surface area contributed by atoms with Gasteiger partial charge in [0, 0.05) is 30.8 Å². The molecule has 0 radical (unpaired) electrons. The van der Waals surface area contributed by atoms with Crippen LogP contribution in [-0.2, 0) is 13.0 Å². The number of nitrogens with zero attached hydrogens (tertiary/aromatic N) is 1. The average Bonchev–Trinajstić information content (AvgIpc) is 2.62. The molecule has 0 spiro atoms. The summed E-state index contributed by atoms with van der Waals surface area (Å²) in [5.74, 6) is 5.90. The first-order valence-corrected chi connectivity index (χ1v) is 4.76. The van der Waals surface area contributed by atoms with Crippen LogP contribution in [0.4, 0.5) is 5.82 Å². The number of thiocarbonyl (C=S) groups is 1. The lowest BCUT2D eigenvalue weighted by atomic mass is 10.1. The minimum Gasteiger partial charge on any atom is -0.315 e. The molecular formula is C7H12N6S. The Morgan fingerprint density at radius 2 is 2.43 bits per heavy atom. The van der Waals surface area contributed by atoms with Crippen LogP contribution in [0.25, 0.3) is 0 Å². The van der Waals surface area contributed by atoms with E-state index >= 15 is 0 Å². The quantitative estimate of drug-likeness (QED) is 0.238. The summed E-state index contributed by atoms with van der Waals surface area (Å²) in [5.41, 5.74) is 4.65. The van der Waals surface area contributed by atoms with E-state index in [0.29, 0.717) is 5.11 Å². The van der Waals surface area contributed by atoms with Gasteiger partial charge in [-0.05, 0) is 12.2 Å². The Balaban J connectivity index is 2.18. The summed E-state index contributed by atoms with van der Waals surface area (Å²) in [4.78, 5) is 0. The highest BCUT2D eigenvalue weighted by Gasteiger charge is 2.16. The van der Waals surface area contributed by atoms with Gasteiger partial charge in [0.15, 0.2) is 10.9 Å². The summed E-state index contributed by atoms with van der Waals surface area (Å²) in [6.07, 6.45) is 0.965. The van der Waals surface area contributed by atoms with E-state index in [-0.39, 0.29) is 0 Å². The lowest BCUT2D eigenvalue weighted by Gasteiger charge is -2.13. The lowest BCUT2D eigenvalue weighted by molar-refractivity contribution is 0.637. The highest BCUT2D eigenvalue weighted by Crippen LogP contribution is 2.19. The van der Waals surface area contributed by atoms with Gasteiger partial charge in [-0.1, -0.05) is 0 Å². The van der Waals surface area contributed by atoms with Crippen LogP contribution in [0, 0.1) is 0 Å². The van der Waals surface area contributed by atoms with E-state index in [1.807, 2.05) is 0 Å². The van der Waals surface area contributed by atoms with Crippen LogP contribution in [0.3, 0.4) is 0 Å². The van der Waals surface area contributed by atoms with Crippen molar-refractivity contribution in [2.75, 3.05) is 11.9 Å². The first-order chi connectivity index (χ1) is 6.81. The number of aromatic amines is 1. The molecule has 14 heavy (non-hydrogen) atoms. The molecule has 0 unspecified atom stereocenters. The van der Waals surface area contributed by atoms with Crippen LogP contribution in [0.1, 0.15) is 11.3 Å². The summed E-state index contributed by atoms with van der Waals surface area (Å²) in [7, 11) is 0. The Hall–Kier alpha value is -1.18. The van der Waals surface area contributed by atoms with Crippen molar-refractivity contribution in [2.24, 2.45) is 5.84 Å². The van der Waals surface area contributed by atoms with Crippen molar-refractivity contribution in [1.29, 1.82) is 0 Å². The Kier molecular flexibility index (Phi) is 2.62. The molecule has 1 aromatic rings. The fourth-order valence-corrected chi connectivity index (χ4v) is 1.57. The van der Waals surface area contributed by atoms with Gasteiger partial charge in [0.1, 0.15) is 0 Å². The highest BCUT2D eigenvalue weighted by molar-refractivity contribution is 7.80. The molecule has 0 saturated heterocycles. The second-order valence-electron chi connectivity index (χ2n) is 3.05. The molecule has 7 heteroatoms. The summed E-state index contributed by atoms with van der Waals surface area (Å²) < 4.78 is 0. The SMILES string of the molecule is NNC(=S)Nc1n[nH]c2c1CNCC2. The highest BCUT2D eigenvalue weighted by atomic mass is 32.1. The molecule has 76 valence electrons. The number of hydrogen-bond acceptors (Lipinski definition) is 4. The van der Waals surface area contributed by atoms with Crippen molar-refractivity contribution in [3.8, 4) is 0 Å². The van der Waals surface area contributed by atoms with Gasteiger partial charge in [0.2, 0.25) is 0 Å². The number of nitrogens with two attached hydrogens (primary N) is 1. The van der Waals surface area contributed by atoms with Gasteiger partial charge in [0.25, 0.3) is 0 Å². The minimum atomic E-state index is 0.366. The van der Waals surface area contributed by atoms with Gasteiger partial charge in [-0.3, -0.25) is 5.10 Å². The number of aromatic nitrogens is 2. The van der Waals surface area contributed by atoms with Crippen LogP contribution in [0.15, 0.2) is 0 Å². The number of hydrogen-bond donors (Lipinski definition) is 5. The van der Waals surface area contributed by atoms with Crippen LogP contribution in [0.2, 0.25) is 0 Å². The maximum absolute atomic E-state index is 5.16. The predicted octanol–water partition coefficient (Wildman–Crippen LogP) is -0.785. The average molecular weight is 212 g/mol. The molecule has 0 saturated carbocycles. The molecular weight excluding hydrogens is 200 g/mol. The van der Waals surface area contributed by atoms with Gasteiger partial charge < -0.3 is 16.1 Å². The molecule has 0 aliphatic carbocycles. The molecule has 6 nitrogen and oxygen atoms in total. The van der Waals surface area contributed by atoms with Gasteiger partial charge in [-0.15, -0.1) is 0 Å². The van der Waals surface area contributed by atoms with Crippen molar-refractivity contribution in [3.05, 3.63) is 11.3 Å². The normalized spacial score (nSPS) is 14.6. The molecule has 2 heterocycles.